The second kappa shape index (κ2) is 2.92. The van der Waals surface area contributed by atoms with Gasteiger partial charge in [0.05, 0.1) is 11.5 Å². The van der Waals surface area contributed by atoms with Gasteiger partial charge in [-0.1, -0.05) is 0 Å². The lowest BCUT2D eigenvalue weighted by Gasteiger charge is -2.21. The molecule has 0 bridgehead atoms. The van der Waals surface area contributed by atoms with E-state index in [0.29, 0.717) is 6.61 Å². The minimum atomic E-state index is -2.61. The minimum Gasteiger partial charge on any atom is -0.378 e. The Balaban J connectivity index is 2.59. The molecule has 0 aromatic heterocycles. The van der Waals surface area contributed by atoms with Crippen molar-refractivity contribution in [1.82, 2.24) is 0 Å². The predicted octanol–water partition coefficient (Wildman–Crippen LogP) is 1.40. The summed E-state index contributed by atoms with van der Waals surface area (Å²) in [5.74, 6) is -2.61. The Morgan fingerprint density at radius 1 is 1.58 bits per heavy atom. The number of hydrogen-bond donors (Lipinski definition) is 1. The molecule has 2 atom stereocenters. The van der Waals surface area contributed by atoms with E-state index >= 15 is 0 Å². The van der Waals surface area contributed by atoms with Crippen LogP contribution in [-0.4, -0.2) is 25.2 Å². The van der Waals surface area contributed by atoms with E-state index in [0.717, 1.165) is 0 Å². The molecule has 0 saturated heterocycles. The fourth-order valence-electron chi connectivity index (χ4n) is 1.59. The molecule has 2 N–H and O–H groups in total. The first-order valence-corrected chi connectivity index (χ1v) is 4.19. The molecule has 1 rings (SSSR count). The zero-order valence-electron chi connectivity index (χ0n) is 7.44. The van der Waals surface area contributed by atoms with Crippen LogP contribution in [0.4, 0.5) is 8.78 Å². The van der Waals surface area contributed by atoms with Gasteiger partial charge in [0.1, 0.15) is 0 Å². The molecular weight excluding hydrogens is 164 g/mol. The molecular formula is C8H15F2NO. The molecule has 0 radical (unpaired) electrons. The lowest BCUT2D eigenvalue weighted by Crippen LogP contribution is -2.34. The number of halogens is 2. The minimum absolute atomic E-state index is 0.00116. The number of nitrogens with two attached hydrogens (primary N) is 1. The largest absolute Gasteiger partial charge is 0.378 e. The van der Waals surface area contributed by atoms with Crippen LogP contribution in [0, 0.1) is 5.41 Å². The molecule has 1 aliphatic rings. The molecule has 0 aromatic rings. The first-order valence-electron chi connectivity index (χ1n) is 4.19. The van der Waals surface area contributed by atoms with Crippen LogP contribution in [0.2, 0.25) is 0 Å². The van der Waals surface area contributed by atoms with Crippen LogP contribution < -0.4 is 5.73 Å². The molecule has 1 aliphatic carbocycles. The van der Waals surface area contributed by atoms with E-state index in [9.17, 15) is 8.78 Å². The van der Waals surface area contributed by atoms with Crippen LogP contribution in [0.3, 0.4) is 0 Å². The summed E-state index contributed by atoms with van der Waals surface area (Å²) in [5, 5.41) is 0. The fourth-order valence-corrected chi connectivity index (χ4v) is 1.59. The Kier molecular flexibility index (Phi) is 2.40. The third-order valence-corrected chi connectivity index (χ3v) is 2.70. The average Bonchev–Trinajstić information content (AvgIpc) is 2.55. The predicted molar refractivity (Wildman–Crippen MR) is 42.1 cm³/mol. The zero-order chi connectivity index (χ0) is 9.41. The van der Waals surface area contributed by atoms with E-state index in [2.05, 4.69) is 0 Å². The molecule has 2 nitrogen and oxygen atoms in total. The second-order valence-electron chi connectivity index (χ2n) is 3.34. The summed E-state index contributed by atoms with van der Waals surface area (Å²) in [6.45, 7) is 3.92. The van der Waals surface area contributed by atoms with E-state index in [1.165, 1.54) is 0 Å². The summed E-state index contributed by atoms with van der Waals surface area (Å²) < 4.78 is 30.9. The van der Waals surface area contributed by atoms with Gasteiger partial charge in [0, 0.05) is 19.6 Å². The van der Waals surface area contributed by atoms with Crippen molar-refractivity contribution < 1.29 is 13.5 Å². The van der Waals surface area contributed by atoms with Crippen LogP contribution in [-0.2, 0) is 4.74 Å². The topological polar surface area (TPSA) is 35.2 Å². The van der Waals surface area contributed by atoms with Gasteiger partial charge in [-0.15, -0.1) is 0 Å². The summed E-state index contributed by atoms with van der Waals surface area (Å²) in [6.07, 6.45) is -0.569. The Hall–Kier alpha value is -0.220. The Labute approximate surface area is 71.1 Å². The van der Waals surface area contributed by atoms with Gasteiger partial charge in [0.25, 0.3) is 5.92 Å². The molecule has 1 saturated carbocycles. The number of ether oxygens (including phenoxy) is 1. The van der Waals surface area contributed by atoms with Crippen LogP contribution in [0.5, 0.6) is 0 Å². The van der Waals surface area contributed by atoms with Crippen molar-refractivity contribution >= 4 is 0 Å². The molecule has 4 heteroatoms. The number of rotatable bonds is 4. The molecule has 1 fully saturated rings. The van der Waals surface area contributed by atoms with Crippen LogP contribution >= 0.6 is 0 Å². The maximum atomic E-state index is 12.9. The van der Waals surface area contributed by atoms with E-state index in [-0.39, 0.29) is 13.0 Å². The van der Waals surface area contributed by atoms with Crippen molar-refractivity contribution in [3.05, 3.63) is 0 Å². The molecule has 72 valence electrons. The van der Waals surface area contributed by atoms with Gasteiger partial charge in [0.15, 0.2) is 0 Å². The van der Waals surface area contributed by atoms with Crippen molar-refractivity contribution in [1.29, 1.82) is 0 Å². The normalized spacial score (nSPS) is 34.8. The van der Waals surface area contributed by atoms with Gasteiger partial charge in [-0.05, 0) is 13.8 Å². The maximum absolute atomic E-state index is 12.9. The Morgan fingerprint density at radius 2 is 2.08 bits per heavy atom. The summed E-state index contributed by atoms with van der Waals surface area (Å²) in [7, 11) is 0. The first kappa shape index (κ1) is 9.86. The molecule has 0 aromatic carbocycles. The standard InChI is InChI=1S/C8H15F2NO/c1-3-12-6(2)7(5-11)4-8(7,9)10/h6H,3-5,11H2,1-2H3. The third-order valence-electron chi connectivity index (χ3n) is 2.70. The SMILES string of the molecule is CCOC(C)C1(CN)CC1(F)F. The van der Waals surface area contributed by atoms with Crippen LogP contribution in [0.25, 0.3) is 0 Å². The highest BCUT2D eigenvalue weighted by atomic mass is 19.3. The van der Waals surface area contributed by atoms with Gasteiger partial charge in [-0.3, -0.25) is 0 Å². The van der Waals surface area contributed by atoms with Crippen LogP contribution in [0.15, 0.2) is 0 Å². The second-order valence-corrected chi connectivity index (χ2v) is 3.34. The monoisotopic (exact) mass is 179 g/mol. The van der Waals surface area contributed by atoms with E-state index in [1.54, 1.807) is 13.8 Å². The van der Waals surface area contributed by atoms with Crippen molar-refractivity contribution in [3.63, 3.8) is 0 Å². The van der Waals surface area contributed by atoms with E-state index in [4.69, 9.17) is 10.5 Å². The molecule has 2 unspecified atom stereocenters. The molecule has 0 aliphatic heterocycles. The van der Waals surface area contributed by atoms with Crippen molar-refractivity contribution in [2.75, 3.05) is 13.2 Å². The maximum Gasteiger partial charge on any atom is 0.258 e. The Bertz CT molecular complexity index is 174. The van der Waals surface area contributed by atoms with Crippen molar-refractivity contribution in [2.45, 2.75) is 32.3 Å². The van der Waals surface area contributed by atoms with Gasteiger partial charge in [-0.25, -0.2) is 8.78 Å². The third kappa shape index (κ3) is 1.23. The number of alkyl halides is 2. The number of hydrogen-bond acceptors (Lipinski definition) is 2. The summed E-state index contributed by atoms with van der Waals surface area (Å²) >= 11 is 0. The van der Waals surface area contributed by atoms with Gasteiger partial charge in [-0.2, -0.15) is 0 Å². The van der Waals surface area contributed by atoms with Gasteiger partial charge in [0.2, 0.25) is 0 Å². The highest BCUT2D eigenvalue weighted by molar-refractivity contribution is 5.14. The lowest BCUT2D eigenvalue weighted by atomic mass is 10.00. The molecule has 0 amide bonds. The van der Waals surface area contributed by atoms with E-state index in [1.807, 2.05) is 0 Å². The van der Waals surface area contributed by atoms with Crippen molar-refractivity contribution in [2.24, 2.45) is 11.1 Å². The summed E-state index contributed by atoms with van der Waals surface area (Å²) in [4.78, 5) is 0. The molecule has 12 heavy (non-hydrogen) atoms. The Morgan fingerprint density at radius 3 is 2.33 bits per heavy atom. The zero-order valence-corrected chi connectivity index (χ0v) is 7.44. The summed E-state index contributed by atoms with van der Waals surface area (Å²) in [6, 6.07) is 0. The van der Waals surface area contributed by atoms with E-state index < -0.39 is 17.4 Å². The summed E-state index contributed by atoms with van der Waals surface area (Å²) in [5.41, 5.74) is 4.24. The highest BCUT2D eigenvalue weighted by Gasteiger charge is 2.73. The molecule has 0 heterocycles. The van der Waals surface area contributed by atoms with Gasteiger partial charge >= 0.3 is 0 Å². The molecule has 0 spiro atoms. The van der Waals surface area contributed by atoms with Crippen molar-refractivity contribution in [3.8, 4) is 0 Å². The lowest BCUT2D eigenvalue weighted by molar-refractivity contribution is -0.0331. The average molecular weight is 179 g/mol. The quantitative estimate of drug-likeness (QED) is 0.708. The highest BCUT2D eigenvalue weighted by Crippen LogP contribution is 2.62. The first-order chi connectivity index (χ1) is 5.50. The van der Waals surface area contributed by atoms with Gasteiger partial charge < -0.3 is 10.5 Å². The fraction of sp³-hybridized carbons (Fsp3) is 1.00. The smallest absolute Gasteiger partial charge is 0.258 e. The van der Waals surface area contributed by atoms with Crippen LogP contribution in [0.1, 0.15) is 20.3 Å².